The van der Waals surface area contributed by atoms with Crippen molar-refractivity contribution in [2.45, 2.75) is 0 Å². The van der Waals surface area contributed by atoms with Crippen LogP contribution in [0.1, 0.15) is 16.4 Å². The summed E-state index contributed by atoms with van der Waals surface area (Å²) < 4.78 is 98.2. The van der Waals surface area contributed by atoms with Gasteiger partial charge in [-0.25, -0.2) is 0 Å². The molecular formula is C18H12. The Morgan fingerprint density at radius 1 is 0.389 bits per heavy atom. The molecule has 0 atom stereocenters. The van der Waals surface area contributed by atoms with E-state index >= 15 is 0 Å². The molecule has 18 heavy (non-hydrogen) atoms. The average Bonchev–Trinajstić information content (AvgIpc) is 2.73. The lowest BCUT2D eigenvalue weighted by Crippen LogP contribution is -1.81. The zero-order chi connectivity index (χ0) is 22.4. The third kappa shape index (κ3) is 1.20. The first kappa shape index (κ1) is 3.58. The molecule has 0 unspecified atom stereocenters. The molecule has 0 aromatic heterocycles. The lowest BCUT2D eigenvalue weighted by molar-refractivity contribution is 1.77. The van der Waals surface area contributed by atoms with Crippen LogP contribution in [-0.4, -0.2) is 0 Å². The molecule has 0 aliphatic carbocycles. The summed E-state index contributed by atoms with van der Waals surface area (Å²) in [7, 11) is 0. The number of fused-ring (bicyclic) bond motifs is 6. The number of rotatable bonds is 0. The Hall–Kier alpha value is -2.34. The highest BCUT2D eigenvalue weighted by Crippen LogP contribution is 2.34. The van der Waals surface area contributed by atoms with Gasteiger partial charge in [0.15, 0.2) is 0 Å². The predicted octanol–water partition coefficient (Wildman–Crippen LogP) is 5.15. The quantitative estimate of drug-likeness (QED) is 0.373. The van der Waals surface area contributed by atoms with Crippen LogP contribution in [0, 0.1) is 0 Å². The zero-order valence-corrected chi connectivity index (χ0v) is 9.00. The molecule has 0 saturated heterocycles. The fourth-order valence-electron chi connectivity index (χ4n) is 2.06. The van der Waals surface area contributed by atoms with Crippen molar-refractivity contribution >= 4 is 32.3 Å². The molecule has 0 N–H and O–H groups in total. The van der Waals surface area contributed by atoms with Crippen molar-refractivity contribution in [3.63, 3.8) is 0 Å². The van der Waals surface area contributed by atoms with Gasteiger partial charge in [-0.05, 0) is 32.3 Å². The van der Waals surface area contributed by atoms with Crippen LogP contribution in [0.3, 0.4) is 0 Å². The second-order valence-electron chi connectivity index (χ2n) is 3.75. The summed E-state index contributed by atoms with van der Waals surface area (Å²) in [6.45, 7) is 0. The van der Waals surface area contributed by atoms with Crippen LogP contribution in [0.25, 0.3) is 32.3 Å². The maximum absolute atomic E-state index is 8.36. The first-order valence-electron chi connectivity index (χ1n) is 11.2. The van der Waals surface area contributed by atoms with Gasteiger partial charge in [0, 0.05) is 0 Å². The Morgan fingerprint density at radius 3 is 0.722 bits per heavy atom. The minimum absolute atomic E-state index is 0.208. The van der Waals surface area contributed by atoms with Gasteiger partial charge in [0.05, 0.1) is 16.4 Å². The molecular weight excluding hydrogens is 216 g/mol. The number of benzene rings is 4. The topological polar surface area (TPSA) is 0 Å². The van der Waals surface area contributed by atoms with Crippen LogP contribution in [0.2, 0.25) is 0 Å². The van der Waals surface area contributed by atoms with Crippen molar-refractivity contribution in [3.05, 3.63) is 72.5 Å². The fraction of sp³-hybridized carbons (Fsp3) is 0. The van der Waals surface area contributed by atoms with Gasteiger partial charge in [-0.1, -0.05) is 72.5 Å². The Kier molecular flexibility index (Phi) is 0.711. The summed E-state index contributed by atoms with van der Waals surface area (Å²) in [6, 6.07) is -6.93. The average molecular weight is 240 g/mol. The summed E-state index contributed by atoms with van der Waals surface area (Å²) in [5.74, 6) is 0. The van der Waals surface area contributed by atoms with Crippen LogP contribution in [0.4, 0.5) is 0 Å². The Balaban J connectivity index is 2.66. The van der Waals surface area contributed by atoms with E-state index in [0.717, 1.165) is 0 Å². The fourth-order valence-corrected chi connectivity index (χ4v) is 2.06. The monoisotopic (exact) mass is 240 g/mol. The molecule has 0 heterocycles. The van der Waals surface area contributed by atoms with E-state index in [1.165, 1.54) is 0 Å². The van der Waals surface area contributed by atoms with Gasteiger partial charge < -0.3 is 0 Å². The van der Waals surface area contributed by atoms with Gasteiger partial charge in [-0.15, -0.1) is 0 Å². The van der Waals surface area contributed by atoms with Gasteiger partial charge >= 0.3 is 0 Å². The smallest absolute Gasteiger partial charge is 0.0616 e. The first-order valence-corrected chi connectivity index (χ1v) is 5.25. The Labute approximate surface area is 122 Å². The van der Waals surface area contributed by atoms with Crippen molar-refractivity contribution in [2.24, 2.45) is 0 Å². The van der Waals surface area contributed by atoms with Crippen LogP contribution < -0.4 is 0 Å². The minimum atomic E-state index is -0.610. The summed E-state index contributed by atoms with van der Waals surface area (Å²) in [6.07, 6.45) is 0. The van der Waals surface area contributed by atoms with Gasteiger partial charge in [-0.3, -0.25) is 0 Å². The molecule has 0 fully saturated rings. The lowest BCUT2D eigenvalue weighted by atomic mass is 9.95. The van der Waals surface area contributed by atoms with Crippen molar-refractivity contribution in [2.75, 3.05) is 0 Å². The van der Waals surface area contributed by atoms with Crippen molar-refractivity contribution in [1.29, 1.82) is 0 Å². The standard InChI is InChI=1S/C18H12/c1-2-8-14-13(7-1)15-9-3-4-11-17(15)18-12-6-5-10-16(14)18/h1-12H/i1D,2D,3D,4D,5D,6D,7D,8D,9D,10D,11D,12D. The van der Waals surface area contributed by atoms with Gasteiger partial charge in [0.25, 0.3) is 0 Å². The van der Waals surface area contributed by atoms with E-state index in [1.807, 2.05) is 0 Å². The molecule has 4 aromatic rings. The second-order valence-corrected chi connectivity index (χ2v) is 3.75. The van der Waals surface area contributed by atoms with E-state index in [4.69, 9.17) is 16.4 Å². The molecule has 0 spiro atoms. The van der Waals surface area contributed by atoms with Crippen LogP contribution >= 0.6 is 0 Å². The van der Waals surface area contributed by atoms with Gasteiger partial charge in [0.1, 0.15) is 0 Å². The predicted molar refractivity (Wildman–Crippen MR) is 79.0 cm³/mol. The largest absolute Gasteiger partial charge is 0.0629 e. The molecule has 4 rings (SSSR count). The summed E-state index contributed by atoms with van der Waals surface area (Å²) >= 11 is 0. The number of hydrogen-bond acceptors (Lipinski definition) is 0. The van der Waals surface area contributed by atoms with Gasteiger partial charge in [-0.2, -0.15) is 0 Å². The highest BCUT2D eigenvalue weighted by molar-refractivity contribution is 6.25. The van der Waals surface area contributed by atoms with E-state index < -0.39 is 72.5 Å². The zero-order valence-electron chi connectivity index (χ0n) is 21.0. The normalized spacial score (nSPS) is 20.7. The highest BCUT2D eigenvalue weighted by atomic mass is 14.1. The molecule has 0 aliphatic rings. The Bertz CT molecular complexity index is 1140. The maximum Gasteiger partial charge on any atom is 0.0629 e. The van der Waals surface area contributed by atoms with E-state index in [2.05, 4.69) is 0 Å². The van der Waals surface area contributed by atoms with E-state index in [1.54, 1.807) is 0 Å². The highest BCUT2D eigenvalue weighted by Gasteiger charge is 2.06. The first-order chi connectivity index (χ1) is 13.9. The van der Waals surface area contributed by atoms with Crippen molar-refractivity contribution < 1.29 is 16.4 Å². The summed E-state index contributed by atoms with van der Waals surface area (Å²) in [5, 5.41) is -1.25. The number of hydrogen-bond donors (Lipinski definition) is 0. The third-order valence-electron chi connectivity index (χ3n) is 2.81. The second kappa shape index (κ2) is 3.58. The molecule has 4 aromatic carbocycles. The summed E-state index contributed by atoms with van der Waals surface area (Å²) in [5.41, 5.74) is 0. The van der Waals surface area contributed by atoms with Crippen LogP contribution in [0.15, 0.2) is 72.5 Å². The van der Waals surface area contributed by atoms with E-state index in [0.29, 0.717) is 0 Å². The SMILES string of the molecule is [2H]c1c([2H])c([2H])c2c(c1[2H])c1c([2H])c([2H])c([2H])c([2H])c1c1c([2H])c([2H])c([2H])c([2H])c21. The third-order valence-corrected chi connectivity index (χ3v) is 2.81. The minimum Gasteiger partial charge on any atom is -0.0616 e. The molecule has 0 aliphatic heterocycles. The van der Waals surface area contributed by atoms with Crippen LogP contribution in [-0.2, 0) is 0 Å². The van der Waals surface area contributed by atoms with E-state index in [9.17, 15) is 0 Å². The molecule has 0 amide bonds. The lowest BCUT2D eigenvalue weighted by Gasteiger charge is -2.09. The molecule has 0 saturated carbocycles. The van der Waals surface area contributed by atoms with Crippen molar-refractivity contribution in [3.8, 4) is 0 Å². The van der Waals surface area contributed by atoms with E-state index in [-0.39, 0.29) is 32.3 Å². The molecule has 0 nitrogen and oxygen atoms in total. The van der Waals surface area contributed by atoms with Crippen molar-refractivity contribution in [1.82, 2.24) is 0 Å². The molecule has 84 valence electrons. The molecule has 0 heteroatoms. The van der Waals surface area contributed by atoms with Crippen LogP contribution in [0.5, 0.6) is 0 Å². The van der Waals surface area contributed by atoms with Gasteiger partial charge in [0.2, 0.25) is 0 Å². The Morgan fingerprint density at radius 2 is 0.556 bits per heavy atom. The molecule has 0 bridgehead atoms. The molecule has 0 radical (unpaired) electrons. The maximum atomic E-state index is 8.36. The summed E-state index contributed by atoms with van der Waals surface area (Å²) in [4.78, 5) is 0.